The van der Waals surface area contributed by atoms with Crippen LogP contribution >= 0.6 is 43.2 Å². The van der Waals surface area contributed by atoms with Gasteiger partial charge in [-0.25, -0.2) is 0 Å². The van der Waals surface area contributed by atoms with E-state index in [0.717, 1.165) is 18.7 Å². The maximum Gasteiger partial charge on any atom is 0.311 e. The minimum atomic E-state index is -0.794. The van der Waals surface area contributed by atoms with Crippen molar-refractivity contribution in [2.24, 2.45) is 0 Å². The topological polar surface area (TPSA) is 37.3 Å². The average Bonchev–Trinajstić information content (AvgIpc) is 2.71. The van der Waals surface area contributed by atoms with Gasteiger partial charge in [0, 0.05) is 9.35 Å². The minimum absolute atomic E-state index is 0.506. The lowest BCUT2D eigenvalue weighted by molar-refractivity contribution is -0.138. The van der Waals surface area contributed by atoms with Crippen molar-refractivity contribution >= 4 is 49.2 Å². The summed E-state index contributed by atoms with van der Waals surface area (Å²) in [5.41, 5.74) is 0.821. The molecule has 0 saturated heterocycles. The van der Waals surface area contributed by atoms with Gasteiger partial charge in [0.05, 0.1) is 9.70 Å². The second kappa shape index (κ2) is 5.99. The number of carboxylic acids is 1. The first kappa shape index (κ1) is 13.8. The first-order chi connectivity index (χ1) is 8.56. The zero-order valence-electron chi connectivity index (χ0n) is 9.27. The number of hydrogen-bond donors (Lipinski definition) is 1. The number of carboxylic acid groups (broad SMARTS) is 1. The highest BCUT2D eigenvalue weighted by Gasteiger charge is 2.21. The van der Waals surface area contributed by atoms with Crippen LogP contribution in [0.15, 0.2) is 44.7 Å². The largest absolute Gasteiger partial charge is 0.481 e. The number of hydrogen-bond acceptors (Lipinski definition) is 2. The monoisotopic (exact) mass is 388 g/mol. The van der Waals surface area contributed by atoms with Gasteiger partial charge < -0.3 is 5.11 Å². The zero-order valence-corrected chi connectivity index (χ0v) is 13.3. The van der Waals surface area contributed by atoms with E-state index in [1.165, 1.54) is 0 Å². The van der Waals surface area contributed by atoms with Gasteiger partial charge in [0.25, 0.3) is 0 Å². The molecule has 1 aromatic heterocycles. The lowest BCUT2D eigenvalue weighted by atomic mass is 9.95. The van der Waals surface area contributed by atoms with Crippen molar-refractivity contribution in [3.05, 3.63) is 55.1 Å². The van der Waals surface area contributed by atoms with E-state index in [2.05, 4.69) is 31.9 Å². The van der Waals surface area contributed by atoms with Crippen LogP contribution < -0.4 is 0 Å². The Bertz CT molecular complexity index is 566. The second-order valence-electron chi connectivity index (χ2n) is 3.86. The maximum absolute atomic E-state index is 11.4. The normalized spacial score (nSPS) is 12.3. The quantitative estimate of drug-likeness (QED) is 0.823. The van der Waals surface area contributed by atoms with E-state index < -0.39 is 11.9 Å². The maximum atomic E-state index is 11.4. The van der Waals surface area contributed by atoms with Crippen LogP contribution in [0.4, 0.5) is 0 Å². The van der Waals surface area contributed by atoms with Crippen LogP contribution in [0.2, 0.25) is 0 Å². The minimum Gasteiger partial charge on any atom is -0.481 e. The molecule has 2 nitrogen and oxygen atoms in total. The lowest BCUT2D eigenvalue weighted by Crippen LogP contribution is -2.13. The van der Waals surface area contributed by atoms with Crippen LogP contribution in [0, 0.1) is 0 Å². The van der Waals surface area contributed by atoms with E-state index in [4.69, 9.17) is 0 Å². The third-order valence-corrected chi connectivity index (χ3v) is 4.72. The molecule has 0 aliphatic rings. The SMILES string of the molecule is O=C(O)C(Cc1ccc(Br)s1)c1cccc(Br)c1. The molecule has 0 saturated carbocycles. The van der Waals surface area contributed by atoms with Crippen molar-refractivity contribution in [1.82, 2.24) is 0 Å². The molecule has 0 radical (unpaired) electrons. The number of halogens is 2. The predicted molar refractivity (Wildman–Crippen MR) is 80.2 cm³/mol. The molecule has 0 amide bonds. The molecule has 0 bridgehead atoms. The molecule has 18 heavy (non-hydrogen) atoms. The Morgan fingerprint density at radius 3 is 2.61 bits per heavy atom. The summed E-state index contributed by atoms with van der Waals surface area (Å²) in [6.45, 7) is 0. The van der Waals surface area contributed by atoms with Crippen LogP contribution in [0.1, 0.15) is 16.4 Å². The number of carbonyl (C=O) groups is 1. The Morgan fingerprint density at radius 1 is 1.28 bits per heavy atom. The van der Waals surface area contributed by atoms with Gasteiger partial charge >= 0.3 is 5.97 Å². The van der Waals surface area contributed by atoms with Gasteiger partial charge in [-0.1, -0.05) is 28.1 Å². The van der Waals surface area contributed by atoms with Crippen LogP contribution in [0.5, 0.6) is 0 Å². The Kier molecular flexibility index (Phi) is 4.59. The highest BCUT2D eigenvalue weighted by molar-refractivity contribution is 9.11. The Labute approximate surface area is 126 Å². The summed E-state index contributed by atoms with van der Waals surface area (Å²) < 4.78 is 1.93. The predicted octanol–water partition coefficient (Wildman–Crippen LogP) is 4.68. The molecule has 5 heteroatoms. The fourth-order valence-corrected chi connectivity index (χ4v) is 3.68. The zero-order chi connectivity index (χ0) is 13.1. The second-order valence-corrected chi connectivity index (χ2v) is 7.32. The molecule has 0 aliphatic heterocycles. The third-order valence-electron chi connectivity index (χ3n) is 2.58. The Morgan fingerprint density at radius 2 is 2.06 bits per heavy atom. The van der Waals surface area contributed by atoms with Crippen LogP contribution in [-0.2, 0) is 11.2 Å². The van der Waals surface area contributed by atoms with Gasteiger partial charge in [0.1, 0.15) is 0 Å². The van der Waals surface area contributed by atoms with Gasteiger partial charge in [-0.15, -0.1) is 11.3 Å². The fourth-order valence-electron chi connectivity index (χ4n) is 1.73. The van der Waals surface area contributed by atoms with Crippen molar-refractivity contribution < 1.29 is 9.90 Å². The van der Waals surface area contributed by atoms with Crippen molar-refractivity contribution in [2.75, 3.05) is 0 Å². The molecule has 1 heterocycles. The van der Waals surface area contributed by atoms with Crippen molar-refractivity contribution in [2.45, 2.75) is 12.3 Å². The van der Waals surface area contributed by atoms with Crippen molar-refractivity contribution in [1.29, 1.82) is 0 Å². The molecule has 0 spiro atoms. The number of rotatable bonds is 4. The summed E-state index contributed by atoms with van der Waals surface area (Å²) in [5, 5.41) is 9.36. The van der Waals surface area contributed by atoms with Crippen LogP contribution in [-0.4, -0.2) is 11.1 Å². The molecular weight excluding hydrogens is 380 g/mol. The van der Waals surface area contributed by atoms with Gasteiger partial charge in [-0.3, -0.25) is 4.79 Å². The van der Waals surface area contributed by atoms with E-state index in [0.29, 0.717) is 6.42 Å². The molecule has 0 fully saturated rings. The Hall–Kier alpha value is -0.650. The summed E-state index contributed by atoms with van der Waals surface area (Å²) in [4.78, 5) is 12.5. The first-order valence-electron chi connectivity index (χ1n) is 5.29. The van der Waals surface area contributed by atoms with E-state index in [1.807, 2.05) is 36.4 Å². The highest BCUT2D eigenvalue weighted by Crippen LogP contribution is 2.29. The standard InChI is InChI=1S/C13H10Br2O2S/c14-9-3-1-2-8(6-9)11(13(16)17)7-10-4-5-12(15)18-10/h1-6,11H,7H2,(H,16,17). The molecule has 2 aromatic rings. The van der Waals surface area contributed by atoms with E-state index in [1.54, 1.807) is 11.3 Å². The summed E-state index contributed by atoms with van der Waals surface area (Å²) in [6.07, 6.45) is 0.516. The van der Waals surface area contributed by atoms with E-state index >= 15 is 0 Å². The molecule has 2 rings (SSSR count). The van der Waals surface area contributed by atoms with Crippen LogP contribution in [0.25, 0.3) is 0 Å². The third kappa shape index (κ3) is 3.43. The van der Waals surface area contributed by atoms with Crippen molar-refractivity contribution in [3.63, 3.8) is 0 Å². The fraction of sp³-hybridized carbons (Fsp3) is 0.154. The number of thiophene rings is 1. The molecule has 0 aliphatic carbocycles. The van der Waals surface area contributed by atoms with Crippen LogP contribution in [0.3, 0.4) is 0 Å². The summed E-state index contributed by atoms with van der Waals surface area (Å²) in [6, 6.07) is 11.4. The molecule has 1 aromatic carbocycles. The van der Waals surface area contributed by atoms with Gasteiger partial charge in [0.2, 0.25) is 0 Å². The lowest BCUT2D eigenvalue weighted by Gasteiger charge is -2.12. The molecule has 1 unspecified atom stereocenters. The molecule has 94 valence electrons. The summed E-state index contributed by atoms with van der Waals surface area (Å²) in [7, 11) is 0. The number of benzene rings is 1. The van der Waals surface area contributed by atoms with Gasteiger partial charge in [-0.2, -0.15) is 0 Å². The highest BCUT2D eigenvalue weighted by atomic mass is 79.9. The molecule has 1 N–H and O–H groups in total. The van der Waals surface area contributed by atoms with Gasteiger partial charge in [-0.05, 0) is 52.2 Å². The van der Waals surface area contributed by atoms with Gasteiger partial charge in [0.15, 0.2) is 0 Å². The number of aliphatic carboxylic acids is 1. The summed E-state index contributed by atoms with van der Waals surface area (Å²) >= 11 is 8.34. The molecular formula is C13H10Br2O2S. The first-order valence-corrected chi connectivity index (χ1v) is 7.69. The van der Waals surface area contributed by atoms with E-state index in [9.17, 15) is 9.90 Å². The smallest absolute Gasteiger partial charge is 0.311 e. The summed E-state index contributed by atoms with van der Waals surface area (Å²) in [5.74, 6) is -1.30. The molecule has 1 atom stereocenters. The Balaban J connectivity index is 2.26. The van der Waals surface area contributed by atoms with Crippen molar-refractivity contribution in [3.8, 4) is 0 Å². The average molecular weight is 390 g/mol. The van der Waals surface area contributed by atoms with E-state index in [-0.39, 0.29) is 0 Å².